The Labute approximate surface area is 162 Å². The molecule has 0 saturated carbocycles. The van der Waals surface area contributed by atoms with Gasteiger partial charge in [-0.1, -0.05) is 47.5 Å². The van der Waals surface area contributed by atoms with E-state index in [1.54, 1.807) is 18.2 Å². The van der Waals surface area contributed by atoms with E-state index >= 15 is 0 Å². The molecule has 3 rings (SSSR count). The first-order valence-electron chi connectivity index (χ1n) is 8.59. The minimum atomic E-state index is -0.315. The minimum Gasteiger partial charge on any atom is -0.350 e. The number of hydrogen-bond acceptors (Lipinski definition) is 3. The molecule has 0 spiro atoms. The number of aryl methyl sites for hydroxylation is 2. The molecule has 138 valence electrons. The van der Waals surface area contributed by atoms with Gasteiger partial charge in [0.15, 0.2) is 0 Å². The van der Waals surface area contributed by atoms with E-state index in [0.29, 0.717) is 17.3 Å². The van der Waals surface area contributed by atoms with Crippen LogP contribution in [0, 0.1) is 13.8 Å². The van der Waals surface area contributed by atoms with Crippen molar-refractivity contribution in [2.45, 2.75) is 26.9 Å². The van der Waals surface area contributed by atoms with Crippen LogP contribution in [0.3, 0.4) is 0 Å². The Morgan fingerprint density at radius 2 is 1.81 bits per heavy atom. The normalized spacial score (nSPS) is 10.6. The summed E-state index contributed by atoms with van der Waals surface area (Å²) < 4.78 is 1.19. The largest absolute Gasteiger partial charge is 0.350 e. The molecule has 0 aliphatic heterocycles. The van der Waals surface area contributed by atoms with E-state index in [1.807, 2.05) is 38.1 Å². The molecule has 3 aromatic rings. The van der Waals surface area contributed by atoms with Crippen LogP contribution in [0.1, 0.15) is 16.7 Å². The fourth-order valence-electron chi connectivity index (χ4n) is 2.80. The van der Waals surface area contributed by atoms with Crippen LogP contribution in [0.15, 0.2) is 59.4 Å². The molecule has 27 heavy (non-hydrogen) atoms. The lowest BCUT2D eigenvalue weighted by atomic mass is 10.0. The summed E-state index contributed by atoms with van der Waals surface area (Å²) in [6.45, 7) is 4.25. The highest BCUT2D eigenvalue weighted by Crippen LogP contribution is 2.21. The van der Waals surface area contributed by atoms with Gasteiger partial charge in [-0.25, -0.2) is 4.68 Å². The van der Waals surface area contributed by atoms with Crippen LogP contribution < -0.4 is 10.9 Å². The topological polar surface area (TPSA) is 64.0 Å². The zero-order valence-electron chi connectivity index (χ0n) is 15.2. The summed E-state index contributed by atoms with van der Waals surface area (Å²) in [5.41, 5.74) is 4.45. The number of benzene rings is 2. The summed E-state index contributed by atoms with van der Waals surface area (Å²) in [6.07, 6.45) is 0. The van der Waals surface area contributed by atoms with Crippen molar-refractivity contribution in [2.75, 3.05) is 0 Å². The van der Waals surface area contributed by atoms with Crippen LogP contribution in [-0.2, 0) is 17.9 Å². The number of nitrogens with one attached hydrogen (secondary N) is 1. The summed E-state index contributed by atoms with van der Waals surface area (Å²) in [5.74, 6) is -0.280. The molecule has 0 saturated heterocycles. The summed E-state index contributed by atoms with van der Waals surface area (Å²) in [4.78, 5) is 24.3. The Kier molecular flexibility index (Phi) is 5.72. The van der Waals surface area contributed by atoms with Crippen LogP contribution in [0.2, 0.25) is 5.02 Å². The molecule has 1 heterocycles. The Bertz CT molecular complexity index is 1030. The Balaban J connectivity index is 1.73. The van der Waals surface area contributed by atoms with E-state index in [-0.39, 0.29) is 18.0 Å². The van der Waals surface area contributed by atoms with Gasteiger partial charge in [0.2, 0.25) is 5.91 Å². The third-order valence-corrected chi connectivity index (χ3v) is 4.47. The van der Waals surface area contributed by atoms with Crippen LogP contribution in [0.4, 0.5) is 0 Å². The van der Waals surface area contributed by atoms with Gasteiger partial charge in [-0.2, -0.15) is 5.10 Å². The second-order valence-electron chi connectivity index (χ2n) is 6.44. The first kappa shape index (κ1) is 18.9. The van der Waals surface area contributed by atoms with E-state index in [1.165, 1.54) is 10.7 Å². The molecular formula is C21H20ClN3O2. The zero-order chi connectivity index (χ0) is 19.4. The molecule has 0 aliphatic carbocycles. The van der Waals surface area contributed by atoms with Gasteiger partial charge in [-0.3, -0.25) is 9.59 Å². The molecule has 0 radical (unpaired) electrons. The Morgan fingerprint density at radius 1 is 1.07 bits per heavy atom. The van der Waals surface area contributed by atoms with Gasteiger partial charge < -0.3 is 5.32 Å². The molecule has 0 unspecified atom stereocenters. The molecule has 0 bridgehead atoms. The second-order valence-corrected chi connectivity index (χ2v) is 6.87. The van der Waals surface area contributed by atoms with Gasteiger partial charge in [0.25, 0.3) is 5.56 Å². The molecule has 5 nitrogen and oxygen atoms in total. The van der Waals surface area contributed by atoms with Crippen molar-refractivity contribution in [3.05, 3.63) is 86.7 Å². The van der Waals surface area contributed by atoms with Gasteiger partial charge in [0, 0.05) is 23.2 Å². The van der Waals surface area contributed by atoms with Gasteiger partial charge in [-0.05, 0) is 43.2 Å². The van der Waals surface area contributed by atoms with Crippen LogP contribution in [0.5, 0.6) is 0 Å². The lowest BCUT2D eigenvalue weighted by Gasteiger charge is -2.10. The zero-order valence-corrected chi connectivity index (χ0v) is 16.0. The average molecular weight is 382 g/mol. The number of aromatic nitrogens is 2. The fraction of sp³-hybridized carbons (Fsp3) is 0.190. The SMILES string of the molecule is Cc1ccc(-c2ccc(=O)n(CC(=O)NCc3ccc(Cl)cc3)n2)c(C)c1. The molecule has 0 aliphatic rings. The Morgan fingerprint density at radius 3 is 2.52 bits per heavy atom. The van der Waals surface area contributed by atoms with Crippen molar-refractivity contribution in [1.29, 1.82) is 0 Å². The van der Waals surface area contributed by atoms with Crippen molar-refractivity contribution in [2.24, 2.45) is 0 Å². The van der Waals surface area contributed by atoms with Crippen LogP contribution >= 0.6 is 11.6 Å². The number of carbonyl (C=O) groups excluding carboxylic acids is 1. The van der Waals surface area contributed by atoms with E-state index in [4.69, 9.17) is 11.6 Å². The van der Waals surface area contributed by atoms with E-state index in [2.05, 4.69) is 16.5 Å². The molecular weight excluding hydrogens is 362 g/mol. The average Bonchev–Trinajstić information content (AvgIpc) is 2.63. The number of halogens is 1. The van der Waals surface area contributed by atoms with E-state index in [0.717, 1.165) is 22.3 Å². The number of carbonyl (C=O) groups is 1. The Hall–Kier alpha value is -2.92. The fourth-order valence-corrected chi connectivity index (χ4v) is 2.93. The number of rotatable bonds is 5. The number of amides is 1. The van der Waals surface area contributed by atoms with Gasteiger partial charge in [0.05, 0.1) is 5.69 Å². The first-order valence-corrected chi connectivity index (χ1v) is 8.97. The van der Waals surface area contributed by atoms with Crippen molar-refractivity contribution >= 4 is 17.5 Å². The monoisotopic (exact) mass is 381 g/mol. The highest BCUT2D eigenvalue weighted by Gasteiger charge is 2.09. The van der Waals surface area contributed by atoms with Gasteiger partial charge in [-0.15, -0.1) is 0 Å². The molecule has 2 aromatic carbocycles. The van der Waals surface area contributed by atoms with Crippen LogP contribution in [-0.4, -0.2) is 15.7 Å². The maximum atomic E-state index is 12.2. The lowest BCUT2D eigenvalue weighted by Crippen LogP contribution is -2.33. The molecule has 1 aromatic heterocycles. The van der Waals surface area contributed by atoms with Gasteiger partial charge >= 0.3 is 0 Å². The summed E-state index contributed by atoms with van der Waals surface area (Å²) >= 11 is 5.85. The smallest absolute Gasteiger partial charge is 0.267 e. The van der Waals surface area contributed by atoms with Gasteiger partial charge in [0.1, 0.15) is 6.54 Å². The number of hydrogen-bond donors (Lipinski definition) is 1. The third kappa shape index (κ3) is 4.83. The first-order chi connectivity index (χ1) is 12.9. The quantitative estimate of drug-likeness (QED) is 0.735. The predicted octanol–water partition coefficient (Wildman–Crippen LogP) is 3.50. The maximum Gasteiger partial charge on any atom is 0.267 e. The lowest BCUT2D eigenvalue weighted by molar-refractivity contribution is -0.122. The highest BCUT2D eigenvalue weighted by atomic mass is 35.5. The molecule has 1 N–H and O–H groups in total. The predicted molar refractivity (Wildman–Crippen MR) is 107 cm³/mol. The van der Waals surface area contributed by atoms with Crippen LogP contribution in [0.25, 0.3) is 11.3 Å². The maximum absolute atomic E-state index is 12.2. The van der Waals surface area contributed by atoms with Crippen molar-refractivity contribution in [3.63, 3.8) is 0 Å². The number of nitrogens with zero attached hydrogens (tertiary/aromatic N) is 2. The summed E-state index contributed by atoms with van der Waals surface area (Å²) in [5, 5.41) is 7.80. The molecule has 1 amide bonds. The summed E-state index contributed by atoms with van der Waals surface area (Å²) in [7, 11) is 0. The minimum absolute atomic E-state index is 0.134. The standard InChI is InChI=1S/C21H20ClN3O2/c1-14-3-8-18(15(2)11-14)19-9-10-21(27)25(24-19)13-20(26)23-12-16-4-6-17(22)7-5-16/h3-11H,12-13H2,1-2H3,(H,23,26). The van der Waals surface area contributed by atoms with Crippen molar-refractivity contribution in [3.8, 4) is 11.3 Å². The van der Waals surface area contributed by atoms with E-state index < -0.39 is 0 Å². The second kappa shape index (κ2) is 8.18. The highest BCUT2D eigenvalue weighted by molar-refractivity contribution is 6.30. The van der Waals surface area contributed by atoms with Crippen molar-refractivity contribution < 1.29 is 4.79 Å². The molecule has 6 heteroatoms. The molecule has 0 fully saturated rings. The third-order valence-electron chi connectivity index (χ3n) is 4.22. The summed E-state index contributed by atoms with van der Waals surface area (Å²) in [6, 6.07) is 16.4. The molecule has 0 atom stereocenters. The van der Waals surface area contributed by atoms with E-state index in [9.17, 15) is 9.59 Å². The van der Waals surface area contributed by atoms with Crippen molar-refractivity contribution in [1.82, 2.24) is 15.1 Å².